The number of nitrogens with zero attached hydrogens (tertiary/aromatic N) is 1. The van der Waals surface area contributed by atoms with E-state index < -0.39 is 4.92 Å². The maximum Gasteiger partial charge on any atom is 0.269 e. The smallest absolute Gasteiger partial charge is 0.269 e. The van der Waals surface area contributed by atoms with Gasteiger partial charge in [0.05, 0.1) is 4.92 Å². The second kappa shape index (κ2) is 6.35. The molecule has 1 aliphatic rings. The number of nitrogens with one attached hydrogen (secondary N) is 1. The lowest BCUT2D eigenvalue weighted by molar-refractivity contribution is -0.384. The van der Waals surface area contributed by atoms with Crippen LogP contribution in [0, 0.1) is 16.0 Å². The Morgan fingerprint density at radius 3 is 2.61 bits per heavy atom. The van der Waals surface area contributed by atoms with E-state index in [1.54, 1.807) is 12.1 Å². The van der Waals surface area contributed by atoms with Crippen molar-refractivity contribution in [3.05, 3.63) is 34.4 Å². The van der Waals surface area contributed by atoms with Gasteiger partial charge in [0.15, 0.2) is 0 Å². The van der Waals surface area contributed by atoms with Gasteiger partial charge in [-0.05, 0) is 31.0 Å². The molecule has 1 saturated carbocycles. The van der Waals surface area contributed by atoms with Crippen LogP contribution in [-0.2, 0) is 0 Å². The lowest BCUT2D eigenvalue weighted by Crippen LogP contribution is -2.22. The molecule has 1 N–H and O–H groups in total. The average molecular weight is 250 g/mol. The van der Waals surface area contributed by atoms with E-state index in [2.05, 4.69) is 5.32 Å². The van der Waals surface area contributed by atoms with Gasteiger partial charge in [-0.15, -0.1) is 0 Å². The Kier molecular flexibility index (Phi) is 4.52. The van der Waals surface area contributed by atoms with Crippen molar-refractivity contribution in [1.82, 2.24) is 5.32 Å². The van der Waals surface area contributed by atoms with Crippen LogP contribution in [0.2, 0.25) is 0 Å². The molecule has 0 atom stereocenters. The normalized spacial score (nSPS) is 14.4. The van der Waals surface area contributed by atoms with Gasteiger partial charge in [0.2, 0.25) is 0 Å². The second-order valence-electron chi connectivity index (χ2n) is 4.58. The van der Waals surface area contributed by atoms with E-state index in [-0.39, 0.29) is 5.69 Å². The number of rotatable bonds is 8. The molecule has 0 unspecified atom stereocenters. The van der Waals surface area contributed by atoms with Crippen molar-refractivity contribution in [3.63, 3.8) is 0 Å². The molecule has 0 aliphatic heterocycles. The van der Waals surface area contributed by atoms with Crippen LogP contribution in [-0.4, -0.2) is 24.6 Å². The molecule has 0 heterocycles. The molecule has 5 nitrogen and oxygen atoms in total. The first-order valence-electron chi connectivity index (χ1n) is 6.33. The molecular formula is C13H18N2O3. The average Bonchev–Trinajstić information content (AvgIpc) is 3.18. The largest absolute Gasteiger partial charge is 0.492 e. The van der Waals surface area contributed by atoms with Crippen molar-refractivity contribution in [2.24, 2.45) is 5.92 Å². The summed E-state index contributed by atoms with van der Waals surface area (Å²) in [5, 5.41) is 13.8. The maximum atomic E-state index is 10.5. The molecule has 0 amide bonds. The predicted molar refractivity (Wildman–Crippen MR) is 68.8 cm³/mol. The summed E-state index contributed by atoms with van der Waals surface area (Å²) in [4.78, 5) is 10.0. The van der Waals surface area contributed by atoms with E-state index in [9.17, 15) is 10.1 Å². The van der Waals surface area contributed by atoms with Gasteiger partial charge >= 0.3 is 0 Å². The van der Waals surface area contributed by atoms with E-state index >= 15 is 0 Å². The minimum absolute atomic E-state index is 0.0879. The summed E-state index contributed by atoms with van der Waals surface area (Å²) < 4.78 is 5.48. The van der Waals surface area contributed by atoms with E-state index in [1.165, 1.54) is 31.4 Å². The van der Waals surface area contributed by atoms with Gasteiger partial charge in [0.1, 0.15) is 12.4 Å². The fourth-order valence-corrected chi connectivity index (χ4v) is 1.74. The number of nitro benzene ring substituents is 1. The molecule has 2 rings (SSSR count). The molecule has 98 valence electrons. The highest BCUT2D eigenvalue weighted by Gasteiger charge is 2.19. The maximum absolute atomic E-state index is 10.5. The monoisotopic (exact) mass is 250 g/mol. The van der Waals surface area contributed by atoms with Crippen LogP contribution in [0.4, 0.5) is 5.69 Å². The van der Waals surface area contributed by atoms with E-state index in [4.69, 9.17) is 4.74 Å². The zero-order valence-corrected chi connectivity index (χ0v) is 10.3. The van der Waals surface area contributed by atoms with Crippen molar-refractivity contribution in [2.75, 3.05) is 19.7 Å². The quantitative estimate of drug-likeness (QED) is 0.437. The fourth-order valence-electron chi connectivity index (χ4n) is 1.74. The molecule has 0 aromatic heterocycles. The minimum Gasteiger partial charge on any atom is -0.492 e. The van der Waals surface area contributed by atoms with Gasteiger partial charge in [-0.25, -0.2) is 0 Å². The molecule has 1 aromatic carbocycles. The standard InChI is InChI=1S/C13H18N2O3/c16-15(17)12-3-5-13(6-4-12)18-10-9-14-8-7-11-1-2-11/h3-6,11,14H,1-2,7-10H2. The number of benzene rings is 1. The molecule has 1 fully saturated rings. The van der Waals surface area contributed by atoms with Gasteiger partial charge in [-0.1, -0.05) is 12.8 Å². The molecule has 0 radical (unpaired) electrons. The summed E-state index contributed by atoms with van der Waals surface area (Å²) >= 11 is 0. The number of ether oxygens (including phenoxy) is 1. The van der Waals surface area contributed by atoms with Crippen molar-refractivity contribution >= 4 is 5.69 Å². The fraction of sp³-hybridized carbons (Fsp3) is 0.538. The molecule has 5 heteroatoms. The molecule has 18 heavy (non-hydrogen) atoms. The molecule has 0 bridgehead atoms. The van der Waals surface area contributed by atoms with Crippen molar-refractivity contribution in [1.29, 1.82) is 0 Å². The van der Waals surface area contributed by atoms with Crippen LogP contribution in [0.3, 0.4) is 0 Å². The van der Waals surface area contributed by atoms with E-state index in [0.29, 0.717) is 12.4 Å². The van der Waals surface area contributed by atoms with Gasteiger partial charge in [0.25, 0.3) is 5.69 Å². The zero-order valence-electron chi connectivity index (χ0n) is 10.3. The van der Waals surface area contributed by atoms with Gasteiger partial charge in [0, 0.05) is 18.7 Å². The highest BCUT2D eigenvalue weighted by molar-refractivity contribution is 5.35. The van der Waals surface area contributed by atoms with Crippen molar-refractivity contribution in [3.8, 4) is 5.75 Å². The molecular weight excluding hydrogens is 232 g/mol. The van der Waals surface area contributed by atoms with Crippen LogP contribution in [0.5, 0.6) is 5.75 Å². The van der Waals surface area contributed by atoms with E-state index in [0.717, 1.165) is 19.0 Å². The van der Waals surface area contributed by atoms with Gasteiger partial charge < -0.3 is 10.1 Å². The number of hydrogen-bond donors (Lipinski definition) is 1. The summed E-state index contributed by atoms with van der Waals surface area (Å²) in [6.45, 7) is 2.44. The Balaban J connectivity index is 1.58. The molecule has 1 aromatic rings. The third kappa shape index (κ3) is 4.33. The molecule has 0 spiro atoms. The van der Waals surface area contributed by atoms with Gasteiger partial charge in [-0.3, -0.25) is 10.1 Å². The Hall–Kier alpha value is -1.62. The Bertz CT molecular complexity index is 388. The van der Waals surface area contributed by atoms with Crippen LogP contribution in [0.1, 0.15) is 19.3 Å². The predicted octanol–water partition coefficient (Wildman–Crippen LogP) is 2.36. The van der Waals surface area contributed by atoms with Crippen molar-refractivity contribution < 1.29 is 9.66 Å². The van der Waals surface area contributed by atoms with Gasteiger partial charge in [-0.2, -0.15) is 0 Å². The first-order chi connectivity index (χ1) is 8.75. The zero-order chi connectivity index (χ0) is 12.8. The second-order valence-corrected chi connectivity index (χ2v) is 4.58. The lowest BCUT2D eigenvalue weighted by Gasteiger charge is -2.07. The van der Waals surface area contributed by atoms with Crippen molar-refractivity contribution in [2.45, 2.75) is 19.3 Å². The first-order valence-corrected chi connectivity index (χ1v) is 6.33. The summed E-state index contributed by atoms with van der Waals surface area (Å²) in [5.74, 6) is 1.62. The summed E-state index contributed by atoms with van der Waals surface area (Å²) in [7, 11) is 0. The minimum atomic E-state index is -0.413. The highest BCUT2D eigenvalue weighted by Crippen LogP contribution is 2.31. The van der Waals surface area contributed by atoms with Crippen LogP contribution in [0.25, 0.3) is 0 Å². The van der Waals surface area contributed by atoms with E-state index in [1.807, 2.05) is 0 Å². The SMILES string of the molecule is O=[N+]([O-])c1ccc(OCCNCCC2CC2)cc1. The summed E-state index contributed by atoms with van der Waals surface area (Å²) in [5.41, 5.74) is 0.0879. The Labute approximate surface area is 106 Å². The Morgan fingerprint density at radius 1 is 1.28 bits per heavy atom. The third-order valence-corrected chi connectivity index (χ3v) is 3.02. The summed E-state index contributed by atoms with van der Waals surface area (Å²) in [6, 6.07) is 6.16. The number of hydrogen-bond acceptors (Lipinski definition) is 4. The summed E-state index contributed by atoms with van der Waals surface area (Å²) in [6.07, 6.45) is 4.04. The molecule has 1 aliphatic carbocycles. The third-order valence-electron chi connectivity index (χ3n) is 3.02. The van der Waals surface area contributed by atoms with Crippen LogP contribution < -0.4 is 10.1 Å². The molecule has 0 saturated heterocycles. The van der Waals surface area contributed by atoms with Crippen LogP contribution in [0.15, 0.2) is 24.3 Å². The topological polar surface area (TPSA) is 64.4 Å². The highest BCUT2D eigenvalue weighted by atomic mass is 16.6. The first kappa shape index (κ1) is 12.8. The number of nitro groups is 1. The Morgan fingerprint density at radius 2 is 2.00 bits per heavy atom. The number of non-ortho nitro benzene ring substituents is 1. The lowest BCUT2D eigenvalue weighted by atomic mass is 10.3. The van der Waals surface area contributed by atoms with Crippen LogP contribution >= 0.6 is 0 Å².